The Kier molecular flexibility index (Phi) is 4.34. The highest BCUT2D eigenvalue weighted by Crippen LogP contribution is 2.66. The Balaban J connectivity index is 1.46. The number of alkyl halides is 2. The molecule has 1 aromatic rings. The fourth-order valence-electron chi connectivity index (χ4n) is 7.30. The molecule has 5 unspecified atom stereocenters. The molecule has 0 bridgehead atoms. The van der Waals surface area contributed by atoms with Gasteiger partial charge < -0.3 is 0 Å². The van der Waals surface area contributed by atoms with E-state index in [0.717, 1.165) is 44.1 Å². The molecule has 1 aromatic heterocycles. The third-order valence-corrected chi connectivity index (χ3v) is 8.87. The normalized spacial score (nSPS) is 38.8. The van der Waals surface area contributed by atoms with Gasteiger partial charge >= 0.3 is 0 Å². The van der Waals surface area contributed by atoms with Crippen molar-refractivity contribution in [2.24, 2.45) is 28.6 Å². The van der Waals surface area contributed by atoms with Gasteiger partial charge in [-0.05, 0) is 90.4 Å². The van der Waals surface area contributed by atoms with E-state index in [0.29, 0.717) is 30.0 Å². The van der Waals surface area contributed by atoms with Gasteiger partial charge in [0.15, 0.2) is 5.78 Å². The number of nitrogens with zero attached hydrogens (tertiary/aromatic N) is 1. The molecule has 0 spiro atoms. The topological polar surface area (TPSA) is 30.0 Å². The Hall–Kier alpha value is -1.84. The predicted molar refractivity (Wildman–Crippen MR) is 109 cm³/mol. The smallest absolute Gasteiger partial charge is 0.265 e. The summed E-state index contributed by atoms with van der Waals surface area (Å²) in [6.45, 7) is 4.74. The van der Waals surface area contributed by atoms with E-state index < -0.39 is 6.43 Å². The largest absolute Gasteiger partial charge is 0.295 e. The van der Waals surface area contributed by atoms with Crippen LogP contribution in [0.5, 0.6) is 0 Å². The highest BCUT2D eigenvalue weighted by atomic mass is 19.3. The fraction of sp³-hybridized carbons (Fsp3) is 0.600. The zero-order valence-corrected chi connectivity index (χ0v) is 17.3. The van der Waals surface area contributed by atoms with E-state index in [1.807, 2.05) is 6.08 Å². The van der Waals surface area contributed by atoms with Gasteiger partial charge in [-0.15, -0.1) is 0 Å². The monoisotopic (exact) mass is 397 g/mol. The summed E-state index contributed by atoms with van der Waals surface area (Å²) >= 11 is 0. The van der Waals surface area contributed by atoms with Crippen molar-refractivity contribution in [3.63, 3.8) is 0 Å². The number of hydrogen-bond donors (Lipinski definition) is 0. The van der Waals surface area contributed by atoms with Crippen LogP contribution in [0.25, 0.3) is 5.57 Å². The molecule has 0 amide bonds. The number of fused-ring (bicyclic) bond motifs is 5. The van der Waals surface area contributed by atoms with E-state index in [2.05, 4.69) is 24.9 Å². The quantitative estimate of drug-likeness (QED) is 0.567. The number of halogens is 2. The second kappa shape index (κ2) is 6.58. The van der Waals surface area contributed by atoms with Crippen LogP contribution >= 0.6 is 0 Å². The highest BCUT2D eigenvalue weighted by molar-refractivity contribution is 5.91. The van der Waals surface area contributed by atoms with Crippen molar-refractivity contribution in [1.82, 2.24) is 4.98 Å². The predicted octanol–water partition coefficient (Wildman–Crippen LogP) is 6.54. The van der Waals surface area contributed by atoms with Gasteiger partial charge in [0.05, 0.1) is 0 Å². The van der Waals surface area contributed by atoms with Gasteiger partial charge in [0.1, 0.15) is 0 Å². The van der Waals surface area contributed by atoms with Crippen molar-refractivity contribution in [2.45, 2.75) is 65.2 Å². The summed E-state index contributed by atoms with van der Waals surface area (Å²) in [7, 11) is 0. The molecule has 29 heavy (non-hydrogen) atoms. The summed E-state index contributed by atoms with van der Waals surface area (Å²) in [6.07, 6.45) is 11.9. The summed E-state index contributed by atoms with van der Waals surface area (Å²) in [5.41, 5.74) is 3.69. The molecule has 2 nitrogen and oxygen atoms in total. The van der Waals surface area contributed by atoms with Crippen LogP contribution in [0.2, 0.25) is 0 Å². The van der Waals surface area contributed by atoms with Gasteiger partial charge in [-0.1, -0.05) is 25.5 Å². The Bertz CT molecular complexity index is 919. The lowest BCUT2D eigenvalue weighted by atomic mass is 9.46. The van der Waals surface area contributed by atoms with E-state index in [1.165, 1.54) is 17.3 Å². The molecule has 2 fully saturated rings. The Morgan fingerprint density at radius 1 is 1.07 bits per heavy atom. The Morgan fingerprint density at radius 2 is 1.90 bits per heavy atom. The van der Waals surface area contributed by atoms with Gasteiger partial charge in [-0.3, -0.25) is 9.78 Å². The van der Waals surface area contributed by atoms with E-state index in [-0.39, 0.29) is 16.4 Å². The summed E-state index contributed by atoms with van der Waals surface area (Å²) in [6, 6.07) is 1.64. The average Bonchev–Trinajstić information content (AvgIpc) is 3.06. The third kappa shape index (κ3) is 2.78. The molecule has 5 atom stereocenters. The molecule has 1 heterocycles. The third-order valence-electron chi connectivity index (χ3n) is 8.87. The molecule has 0 aromatic carbocycles. The lowest BCUT2D eigenvalue weighted by Gasteiger charge is -2.57. The van der Waals surface area contributed by atoms with Crippen LogP contribution in [-0.2, 0) is 4.79 Å². The van der Waals surface area contributed by atoms with Crippen LogP contribution in [0.15, 0.2) is 36.2 Å². The van der Waals surface area contributed by atoms with E-state index in [9.17, 15) is 13.6 Å². The molecule has 0 saturated heterocycles. The minimum atomic E-state index is -2.48. The lowest BCUT2D eigenvalue weighted by molar-refractivity contribution is -0.117. The molecule has 0 N–H and O–H groups in total. The van der Waals surface area contributed by atoms with Crippen molar-refractivity contribution in [3.05, 3.63) is 47.3 Å². The number of carbonyl (C=O) groups excluding carboxylic acids is 1. The van der Waals surface area contributed by atoms with Gasteiger partial charge in [0.2, 0.25) is 0 Å². The molecular weight excluding hydrogens is 368 g/mol. The minimum absolute atomic E-state index is 0.0102. The van der Waals surface area contributed by atoms with Crippen molar-refractivity contribution >= 4 is 11.4 Å². The minimum Gasteiger partial charge on any atom is -0.295 e. The first-order valence-electron chi connectivity index (χ1n) is 11.0. The van der Waals surface area contributed by atoms with Crippen LogP contribution < -0.4 is 0 Å². The zero-order chi connectivity index (χ0) is 20.4. The standard InChI is InChI=1S/C25H29F2NO/c1-24-9-7-18(29)12-17(24)3-4-19-21-6-5-20(25(21,2)10-8-22(19)24)15-11-16(23(26)27)14-28-13-15/h5,11-14,19,21-23H,3-4,6-10H2,1-2H3. The van der Waals surface area contributed by atoms with Gasteiger partial charge in [-0.2, -0.15) is 0 Å². The Morgan fingerprint density at radius 3 is 2.69 bits per heavy atom. The first kappa shape index (κ1) is 19.1. The Labute approximate surface area is 171 Å². The maximum absolute atomic E-state index is 13.2. The maximum atomic E-state index is 13.2. The molecular formula is C25H29F2NO. The van der Waals surface area contributed by atoms with Crippen LogP contribution in [-0.4, -0.2) is 10.8 Å². The maximum Gasteiger partial charge on any atom is 0.265 e. The summed E-state index contributed by atoms with van der Waals surface area (Å²) < 4.78 is 26.4. The van der Waals surface area contributed by atoms with Crippen LogP contribution in [0, 0.1) is 28.6 Å². The first-order valence-corrected chi connectivity index (χ1v) is 11.0. The molecule has 2 saturated carbocycles. The first-order chi connectivity index (χ1) is 13.8. The number of allylic oxidation sites excluding steroid dienone is 4. The molecule has 4 aliphatic carbocycles. The fourth-order valence-corrected chi connectivity index (χ4v) is 7.30. The van der Waals surface area contributed by atoms with Gasteiger partial charge in [0.25, 0.3) is 6.43 Å². The SMILES string of the molecule is CC12CCC(=O)C=C1CCC1C2CCC2(C)C(c3cncc(C(F)F)c3)=CCC12. The number of carbonyl (C=O) groups is 1. The van der Waals surface area contributed by atoms with E-state index >= 15 is 0 Å². The summed E-state index contributed by atoms with van der Waals surface area (Å²) in [4.78, 5) is 16.1. The van der Waals surface area contributed by atoms with Crippen LogP contribution in [0.4, 0.5) is 8.78 Å². The average molecular weight is 398 g/mol. The molecule has 4 heteroatoms. The summed E-state index contributed by atoms with van der Waals surface area (Å²) in [5, 5.41) is 0. The number of aromatic nitrogens is 1. The van der Waals surface area contributed by atoms with E-state index in [1.54, 1.807) is 12.3 Å². The molecule has 154 valence electrons. The molecule has 4 aliphatic rings. The molecule has 5 rings (SSSR count). The van der Waals surface area contributed by atoms with Gasteiger partial charge in [0, 0.05) is 24.4 Å². The van der Waals surface area contributed by atoms with Crippen molar-refractivity contribution in [3.8, 4) is 0 Å². The highest BCUT2D eigenvalue weighted by Gasteiger charge is 2.57. The number of rotatable bonds is 2. The second-order valence-corrected chi connectivity index (χ2v) is 10.1. The van der Waals surface area contributed by atoms with Gasteiger partial charge in [-0.25, -0.2) is 8.78 Å². The summed E-state index contributed by atoms with van der Waals surface area (Å²) in [5.74, 6) is 2.13. The van der Waals surface area contributed by atoms with Crippen molar-refractivity contribution in [1.29, 1.82) is 0 Å². The second-order valence-electron chi connectivity index (χ2n) is 10.1. The lowest BCUT2D eigenvalue weighted by Crippen LogP contribution is -2.49. The number of pyridine rings is 1. The van der Waals surface area contributed by atoms with Crippen molar-refractivity contribution in [2.75, 3.05) is 0 Å². The molecule has 0 aliphatic heterocycles. The van der Waals surface area contributed by atoms with Crippen LogP contribution in [0.3, 0.4) is 0 Å². The molecule has 0 radical (unpaired) electrons. The zero-order valence-electron chi connectivity index (χ0n) is 17.3. The number of ketones is 1. The van der Waals surface area contributed by atoms with Crippen LogP contribution in [0.1, 0.15) is 76.3 Å². The van der Waals surface area contributed by atoms with E-state index in [4.69, 9.17) is 0 Å². The number of hydrogen-bond acceptors (Lipinski definition) is 2. The van der Waals surface area contributed by atoms with Crippen molar-refractivity contribution < 1.29 is 13.6 Å².